The lowest BCUT2D eigenvalue weighted by molar-refractivity contribution is -0.137. The van der Waals surface area contributed by atoms with Crippen LogP contribution >= 0.6 is 0 Å². The smallest absolute Gasteiger partial charge is 0.416 e. The van der Waals surface area contributed by atoms with Crippen LogP contribution in [0.3, 0.4) is 0 Å². The van der Waals surface area contributed by atoms with E-state index in [9.17, 15) is 18.0 Å². The van der Waals surface area contributed by atoms with Gasteiger partial charge in [-0.3, -0.25) is 4.79 Å². The van der Waals surface area contributed by atoms with Gasteiger partial charge in [-0.25, -0.2) is 0 Å². The lowest BCUT2D eigenvalue weighted by Crippen LogP contribution is -2.10. The minimum absolute atomic E-state index is 0.0789. The molecule has 0 atom stereocenters. The van der Waals surface area contributed by atoms with Gasteiger partial charge in [0.2, 0.25) is 0 Å². The fourth-order valence-corrected chi connectivity index (χ4v) is 1.91. The number of hydrogen-bond acceptors (Lipinski definition) is 3. The first-order valence-corrected chi connectivity index (χ1v) is 5.99. The zero-order valence-electron chi connectivity index (χ0n) is 11.1. The average molecular weight is 295 g/mol. The van der Waals surface area contributed by atoms with Crippen molar-refractivity contribution in [1.82, 2.24) is 0 Å². The molecule has 2 rings (SSSR count). The minimum Gasteiger partial charge on any atom is -0.495 e. The summed E-state index contributed by atoms with van der Waals surface area (Å²) in [6.45, 7) is 0. The molecule has 2 N–H and O–H groups in total. The molecule has 21 heavy (non-hydrogen) atoms. The molecule has 2 aromatic carbocycles. The van der Waals surface area contributed by atoms with E-state index in [0.29, 0.717) is 5.75 Å². The Morgan fingerprint density at radius 1 is 1.14 bits per heavy atom. The molecule has 0 saturated heterocycles. The predicted molar refractivity (Wildman–Crippen MR) is 72.3 cm³/mol. The molecule has 0 radical (unpaired) electrons. The molecule has 0 aliphatic carbocycles. The second-order valence-corrected chi connectivity index (χ2v) is 4.33. The van der Waals surface area contributed by atoms with E-state index in [2.05, 4.69) is 0 Å². The van der Waals surface area contributed by atoms with Gasteiger partial charge in [0.05, 0.1) is 18.4 Å². The normalized spacial score (nSPS) is 11.2. The van der Waals surface area contributed by atoms with Gasteiger partial charge in [-0.1, -0.05) is 18.2 Å². The van der Waals surface area contributed by atoms with Crippen LogP contribution in [-0.4, -0.2) is 12.9 Å². The van der Waals surface area contributed by atoms with Crippen LogP contribution in [0.2, 0.25) is 0 Å². The van der Waals surface area contributed by atoms with E-state index in [0.717, 1.165) is 12.1 Å². The van der Waals surface area contributed by atoms with Crippen molar-refractivity contribution in [1.29, 1.82) is 0 Å². The van der Waals surface area contributed by atoms with E-state index in [-0.39, 0.29) is 16.8 Å². The van der Waals surface area contributed by atoms with Crippen molar-refractivity contribution in [2.45, 2.75) is 6.18 Å². The summed E-state index contributed by atoms with van der Waals surface area (Å²) in [7, 11) is 1.39. The van der Waals surface area contributed by atoms with E-state index < -0.39 is 17.5 Å². The zero-order valence-corrected chi connectivity index (χ0v) is 11.1. The van der Waals surface area contributed by atoms with Gasteiger partial charge >= 0.3 is 6.18 Å². The lowest BCUT2D eigenvalue weighted by atomic mass is 9.99. The standard InChI is InChI=1S/C15H12F3NO2/c1-21-12-7-3-6-11(13(12)19)14(20)9-4-2-5-10(8-9)15(16,17)18/h2-8H,19H2,1H3. The number of carbonyl (C=O) groups is 1. The Morgan fingerprint density at radius 3 is 2.43 bits per heavy atom. The van der Waals surface area contributed by atoms with Gasteiger partial charge in [-0.15, -0.1) is 0 Å². The average Bonchev–Trinajstić information content (AvgIpc) is 2.46. The number of nitrogens with two attached hydrogens (primary N) is 1. The number of anilines is 1. The van der Waals surface area contributed by atoms with Crippen LogP contribution in [0.4, 0.5) is 18.9 Å². The molecule has 0 fully saturated rings. The number of alkyl halides is 3. The van der Waals surface area contributed by atoms with Gasteiger partial charge in [0.25, 0.3) is 0 Å². The van der Waals surface area contributed by atoms with E-state index in [1.54, 1.807) is 12.1 Å². The summed E-state index contributed by atoms with van der Waals surface area (Å²) < 4.78 is 43.0. The Labute approximate surface area is 119 Å². The maximum Gasteiger partial charge on any atom is 0.416 e. The molecule has 0 unspecified atom stereocenters. The second-order valence-electron chi connectivity index (χ2n) is 4.33. The molecule has 0 aromatic heterocycles. The van der Waals surface area contributed by atoms with Crippen LogP contribution in [0, 0.1) is 0 Å². The Balaban J connectivity index is 2.46. The topological polar surface area (TPSA) is 52.3 Å². The molecule has 0 heterocycles. The molecule has 0 amide bonds. The molecule has 0 aliphatic rings. The largest absolute Gasteiger partial charge is 0.495 e. The Hall–Kier alpha value is -2.50. The first-order valence-electron chi connectivity index (χ1n) is 5.99. The highest BCUT2D eigenvalue weighted by atomic mass is 19.4. The summed E-state index contributed by atoms with van der Waals surface area (Å²) in [5, 5.41) is 0. The molecule has 2 aromatic rings. The van der Waals surface area contributed by atoms with Crippen molar-refractivity contribution < 1.29 is 22.7 Å². The van der Waals surface area contributed by atoms with Gasteiger partial charge in [-0.05, 0) is 24.3 Å². The van der Waals surface area contributed by atoms with Gasteiger partial charge in [0.15, 0.2) is 5.78 Å². The first kappa shape index (κ1) is 14.9. The van der Waals surface area contributed by atoms with Crippen molar-refractivity contribution in [2.75, 3.05) is 12.8 Å². The Bertz CT molecular complexity index is 681. The number of halogens is 3. The summed E-state index contributed by atoms with van der Waals surface area (Å²) in [5.41, 5.74) is 5.03. The maximum atomic E-state index is 12.7. The summed E-state index contributed by atoms with van der Waals surface area (Å²) in [6, 6.07) is 8.78. The zero-order chi connectivity index (χ0) is 15.6. The van der Waals surface area contributed by atoms with E-state index in [1.807, 2.05) is 0 Å². The molecule has 0 spiro atoms. The number of ether oxygens (including phenoxy) is 1. The minimum atomic E-state index is -4.50. The fourth-order valence-electron chi connectivity index (χ4n) is 1.91. The monoisotopic (exact) mass is 295 g/mol. The summed E-state index contributed by atoms with van der Waals surface area (Å²) >= 11 is 0. The molecule has 0 saturated carbocycles. The number of nitrogen functional groups attached to an aromatic ring is 1. The van der Waals surface area contributed by atoms with Gasteiger partial charge < -0.3 is 10.5 Å². The molecule has 6 heteroatoms. The van der Waals surface area contributed by atoms with Crippen molar-refractivity contribution >= 4 is 11.5 Å². The Kier molecular flexibility index (Phi) is 3.88. The van der Waals surface area contributed by atoms with Crippen molar-refractivity contribution in [3.63, 3.8) is 0 Å². The fraction of sp³-hybridized carbons (Fsp3) is 0.133. The number of hydrogen-bond donors (Lipinski definition) is 1. The van der Waals surface area contributed by atoms with Crippen molar-refractivity contribution in [3.8, 4) is 5.75 Å². The van der Waals surface area contributed by atoms with Crippen LogP contribution in [0.15, 0.2) is 42.5 Å². The van der Waals surface area contributed by atoms with E-state index >= 15 is 0 Å². The number of para-hydroxylation sites is 1. The van der Waals surface area contributed by atoms with Gasteiger partial charge in [0, 0.05) is 11.1 Å². The molecular formula is C15H12F3NO2. The van der Waals surface area contributed by atoms with Crippen LogP contribution in [0.1, 0.15) is 21.5 Å². The van der Waals surface area contributed by atoms with Crippen LogP contribution in [-0.2, 0) is 6.18 Å². The second kappa shape index (κ2) is 5.47. The lowest BCUT2D eigenvalue weighted by Gasteiger charge is -2.11. The van der Waals surface area contributed by atoms with Crippen LogP contribution in [0.5, 0.6) is 5.75 Å². The molecule has 110 valence electrons. The number of ketones is 1. The molecular weight excluding hydrogens is 283 g/mol. The van der Waals surface area contributed by atoms with Gasteiger partial charge in [0.1, 0.15) is 5.75 Å². The molecule has 3 nitrogen and oxygen atoms in total. The Morgan fingerprint density at radius 2 is 1.81 bits per heavy atom. The summed E-state index contributed by atoms with van der Waals surface area (Å²) in [6.07, 6.45) is -4.50. The molecule has 0 bridgehead atoms. The number of methoxy groups -OCH3 is 1. The predicted octanol–water partition coefficient (Wildman–Crippen LogP) is 3.53. The highest BCUT2D eigenvalue weighted by Crippen LogP contribution is 2.31. The summed E-state index contributed by atoms with van der Waals surface area (Å²) in [4.78, 5) is 12.3. The molecule has 0 aliphatic heterocycles. The third kappa shape index (κ3) is 2.99. The maximum absolute atomic E-state index is 12.7. The summed E-state index contributed by atoms with van der Waals surface area (Å²) in [5.74, 6) is -0.287. The van der Waals surface area contributed by atoms with Crippen molar-refractivity contribution in [2.24, 2.45) is 0 Å². The van der Waals surface area contributed by atoms with Crippen molar-refractivity contribution in [3.05, 3.63) is 59.2 Å². The number of carbonyl (C=O) groups excluding carboxylic acids is 1. The quantitative estimate of drug-likeness (QED) is 0.696. The number of rotatable bonds is 3. The number of benzene rings is 2. The van der Waals surface area contributed by atoms with E-state index in [4.69, 9.17) is 10.5 Å². The highest BCUT2D eigenvalue weighted by molar-refractivity contribution is 6.12. The van der Waals surface area contributed by atoms with E-state index in [1.165, 1.54) is 25.3 Å². The van der Waals surface area contributed by atoms with Crippen LogP contribution < -0.4 is 10.5 Å². The SMILES string of the molecule is COc1cccc(C(=O)c2cccc(C(F)(F)F)c2)c1N. The van der Waals surface area contributed by atoms with Crippen LogP contribution in [0.25, 0.3) is 0 Å². The first-order chi connectivity index (χ1) is 9.84. The third-order valence-corrected chi connectivity index (χ3v) is 2.98. The highest BCUT2D eigenvalue weighted by Gasteiger charge is 2.31. The third-order valence-electron chi connectivity index (χ3n) is 2.98. The van der Waals surface area contributed by atoms with Gasteiger partial charge in [-0.2, -0.15) is 13.2 Å².